The number of hydrogen-bond acceptors (Lipinski definition) is 1. The monoisotopic (exact) mass is 309 g/mol. The van der Waals surface area contributed by atoms with E-state index in [0.717, 1.165) is 30.2 Å². The summed E-state index contributed by atoms with van der Waals surface area (Å²) in [6.45, 7) is 4.80. The van der Waals surface area contributed by atoms with Gasteiger partial charge in [0.25, 0.3) is 0 Å². The van der Waals surface area contributed by atoms with Crippen LogP contribution in [0.25, 0.3) is 0 Å². The van der Waals surface area contributed by atoms with Crippen LogP contribution in [0.5, 0.6) is 0 Å². The maximum absolute atomic E-state index is 13.5. The normalized spacial score (nSPS) is 12.4. The first-order valence-electron chi connectivity index (χ1n) is 6.97. The first kappa shape index (κ1) is 15.9. The number of rotatable bonds is 5. The molecule has 0 radical (unpaired) electrons. The Balaban J connectivity index is 2.44. The van der Waals surface area contributed by atoms with Gasteiger partial charge in [-0.15, -0.1) is 0 Å². The predicted octanol–water partition coefficient (Wildman–Crippen LogP) is 5.02. The third-order valence-corrected chi connectivity index (χ3v) is 3.65. The third-order valence-electron chi connectivity index (χ3n) is 3.42. The molecule has 2 aromatic rings. The minimum absolute atomic E-state index is 0.183. The molecule has 0 fully saturated rings. The molecular weight excluding hydrogens is 292 g/mol. The molecule has 112 valence electrons. The van der Waals surface area contributed by atoms with E-state index in [0.29, 0.717) is 10.6 Å². The molecule has 0 bridgehead atoms. The lowest BCUT2D eigenvalue weighted by atomic mass is 9.94. The average molecular weight is 310 g/mol. The van der Waals surface area contributed by atoms with Crippen molar-refractivity contribution in [2.45, 2.75) is 26.3 Å². The second kappa shape index (κ2) is 7.01. The molecule has 1 N–H and O–H groups in total. The van der Waals surface area contributed by atoms with E-state index in [4.69, 9.17) is 11.6 Å². The van der Waals surface area contributed by atoms with Crippen LogP contribution in [-0.2, 0) is 0 Å². The van der Waals surface area contributed by atoms with Gasteiger partial charge in [-0.2, -0.15) is 0 Å². The predicted molar refractivity (Wildman–Crippen MR) is 82.7 cm³/mol. The summed E-state index contributed by atoms with van der Waals surface area (Å²) in [5, 5.41) is 4.04. The minimum atomic E-state index is -0.833. The van der Waals surface area contributed by atoms with E-state index in [9.17, 15) is 8.78 Å². The summed E-state index contributed by atoms with van der Waals surface area (Å²) < 4.78 is 26.7. The van der Waals surface area contributed by atoms with Gasteiger partial charge in [0.1, 0.15) is 0 Å². The molecule has 1 atom stereocenters. The lowest BCUT2D eigenvalue weighted by Crippen LogP contribution is -2.24. The molecule has 21 heavy (non-hydrogen) atoms. The Bertz CT molecular complexity index is 628. The van der Waals surface area contributed by atoms with Gasteiger partial charge in [-0.3, -0.25) is 0 Å². The van der Waals surface area contributed by atoms with Gasteiger partial charge < -0.3 is 5.32 Å². The maximum atomic E-state index is 13.5. The highest BCUT2D eigenvalue weighted by Gasteiger charge is 2.17. The van der Waals surface area contributed by atoms with Gasteiger partial charge in [0.15, 0.2) is 11.6 Å². The lowest BCUT2D eigenvalue weighted by molar-refractivity contribution is 0.503. The Hall–Kier alpha value is -1.45. The zero-order valence-corrected chi connectivity index (χ0v) is 12.8. The molecule has 0 saturated heterocycles. The van der Waals surface area contributed by atoms with Crippen LogP contribution in [0.1, 0.15) is 36.1 Å². The average Bonchev–Trinajstić information content (AvgIpc) is 2.44. The first-order valence-corrected chi connectivity index (χ1v) is 7.35. The van der Waals surface area contributed by atoms with Crippen molar-refractivity contribution in [1.82, 2.24) is 5.32 Å². The molecule has 2 rings (SSSR count). The van der Waals surface area contributed by atoms with Crippen molar-refractivity contribution in [2.75, 3.05) is 6.54 Å². The second-order valence-corrected chi connectivity index (χ2v) is 5.50. The summed E-state index contributed by atoms with van der Waals surface area (Å²) >= 11 is 5.99. The SMILES string of the molecule is CCCNC(c1ccc(F)c(F)c1)c1ccc(Cl)cc1C. The Labute approximate surface area is 128 Å². The molecule has 0 aliphatic carbocycles. The Morgan fingerprint density at radius 2 is 1.86 bits per heavy atom. The molecule has 0 spiro atoms. The summed E-state index contributed by atoms with van der Waals surface area (Å²) in [6.07, 6.45) is 0.951. The third kappa shape index (κ3) is 3.80. The molecule has 0 saturated carbocycles. The van der Waals surface area contributed by atoms with Crippen molar-refractivity contribution in [3.63, 3.8) is 0 Å². The van der Waals surface area contributed by atoms with Crippen LogP contribution in [0, 0.1) is 18.6 Å². The quantitative estimate of drug-likeness (QED) is 0.818. The van der Waals surface area contributed by atoms with Crippen LogP contribution in [0.2, 0.25) is 5.02 Å². The van der Waals surface area contributed by atoms with Crippen molar-refractivity contribution >= 4 is 11.6 Å². The summed E-state index contributed by atoms with van der Waals surface area (Å²) in [6, 6.07) is 9.44. The standard InChI is InChI=1S/C17H18ClF2N/c1-3-8-21-17(12-4-7-15(19)16(20)10-12)14-6-5-13(18)9-11(14)2/h4-7,9-10,17,21H,3,8H2,1-2H3. The van der Waals surface area contributed by atoms with Crippen molar-refractivity contribution in [3.05, 3.63) is 69.7 Å². The van der Waals surface area contributed by atoms with E-state index in [1.165, 1.54) is 6.07 Å². The second-order valence-electron chi connectivity index (χ2n) is 5.06. The van der Waals surface area contributed by atoms with Gasteiger partial charge in [-0.25, -0.2) is 8.78 Å². The lowest BCUT2D eigenvalue weighted by Gasteiger charge is -2.22. The van der Waals surface area contributed by atoms with Crippen LogP contribution in [-0.4, -0.2) is 6.54 Å². The van der Waals surface area contributed by atoms with E-state index in [1.807, 2.05) is 25.1 Å². The van der Waals surface area contributed by atoms with E-state index in [-0.39, 0.29) is 6.04 Å². The fourth-order valence-electron chi connectivity index (χ4n) is 2.35. The highest BCUT2D eigenvalue weighted by molar-refractivity contribution is 6.30. The molecule has 1 nitrogen and oxygen atoms in total. The molecule has 0 heterocycles. The summed E-state index contributed by atoms with van der Waals surface area (Å²) in [5.41, 5.74) is 2.73. The highest BCUT2D eigenvalue weighted by atomic mass is 35.5. The molecule has 0 aromatic heterocycles. The van der Waals surface area contributed by atoms with Gasteiger partial charge in [0.2, 0.25) is 0 Å². The smallest absolute Gasteiger partial charge is 0.159 e. The zero-order valence-electron chi connectivity index (χ0n) is 12.1. The maximum Gasteiger partial charge on any atom is 0.159 e. The summed E-state index contributed by atoms with van der Waals surface area (Å²) in [7, 11) is 0. The van der Waals surface area contributed by atoms with Gasteiger partial charge >= 0.3 is 0 Å². The molecule has 4 heteroatoms. The van der Waals surface area contributed by atoms with Crippen molar-refractivity contribution in [1.29, 1.82) is 0 Å². The van der Waals surface area contributed by atoms with Crippen LogP contribution in [0.4, 0.5) is 8.78 Å². The largest absolute Gasteiger partial charge is 0.306 e. The number of hydrogen-bond donors (Lipinski definition) is 1. The number of benzene rings is 2. The molecule has 0 aliphatic rings. The molecule has 0 amide bonds. The molecule has 1 unspecified atom stereocenters. The van der Waals surface area contributed by atoms with Crippen LogP contribution in [0.15, 0.2) is 36.4 Å². The topological polar surface area (TPSA) is 12.0 Å². The van der Waals surface area contributed by atoms with E-state index in [1.54, 1.807) is 6.07 Å². The van der Waals surface area contributed by atoms with Gasteiger partial charge in [-0.1, -0.05) is 30.7 Å². The van der Waals surface area contributed by atoms with Gasteiger partial charge in [0, 0.05) is 5.02 Å². The fraction of sp³-hybridized carbons (Fsp3) is 0.294. The molecule has 2 aromatic carbocycles. The minimum Gasteiger partial charge on any atom is -0.306 e. The number of aryl methyl sites for hydroxylation is 1. The van der Waals surface area contributed by atoms with Crippen LogP contribution >= 0.6 is 11.6 Å². The van der Waals surface area contributed by atoms with Crippen molar-refractivity contribution in [3.8, 4) is 0 Å². The van der Waals surface area contributed by atoms with E-state index >= 15 is 0 Å². The first-order chi connectivity index (χ1) is 10.0. The number of halogens is 3. The van der Waals surface area contributed by atoms with Crippen LogP contribution < -0.4 is 5.32 Å². The fourth-order valence-corrected chi connectivity index (χ4v) is 2.58. The molecule has 0 aliphatic heterocycles. The van der Waals surface area contributed by atoms with Gasteiger partial charge in [-0.05, 0) is 60.8 Å². The summed E-state index contributed by atoms with van der Waals surface area (Å²) in [5.74, 6) is -1.66. The van der Waals surface area contributed by atoms with Crippen molar-refractivity contribution < 1.29 is 8.78 Å². The zero-order chi connectivity index (χ0) is 15.4. The van der Waals surface area contributed by atoms with E-state index in [2.05, 4.69) is 12.2 Å². The molecular formula is C17H18ClF2N. The number of nitrogens with one attached hydrogen (secondary N) is 1. The Morgan fingerprint density at radius 3 is 2.48 bits per heavy atom. The summed E-state index contributed by atoms with van der Waals surface area (Å²) in [4.78, 5) is 0. The van der Waals surface area contributed by atoms with E-state index < -0.39 is 11.6 Å². The Morgan fingerprint density at radius 1 is 1.10 bits per heavy atom. The highest BCUT2D eigenvalue weighted by Crippen LogP contribution is 2.28. The van der Waals surface area contributed by atoms with Crippen LogP contribution in [0.3, 0.4) is 0 Å². The van der Waals surface area contributed by atoms with Gasteiger partial charge in [0.05, 0.1) is 6.04 Å². The Kier molecular flexibility index (Phi) is 5.32. The van der Waals surface area contributed by atoms with Crippen molar-refractivity contribution in [2.24, 2.45) is 0 Å².